The van der Waals surface area contributed by atoms with Crippen molar-refractivity contribution in [3.63, 3.8) is 0 Å². The molecule has 0 heterocycles. The van der Waals surface area contributed by atoms with Crippen LogP contribution >= 0.6 is 34.8 Å². The molecule has 2 aromatic rings. The van der Waals surface area contributed by atoms with E-state index in [1.165, 1.54) is 0 Å². The van der Waals surface area contributed by atoms with E-state index in [4.69, 9.17) is 44.3 Å². The predicted octanol–water partition coefficient (Wildman–Crippen LogP) is 5.28. The summed E-state index contributed by atoms with van der Waals surface area (Å²) in [6.45, 7) is 0.498. The molecule has 0 amide bonds. The summed E-state index contributed by atoms with van der Waals surface area (Å²) in [5, 5.41) is 5.01. The zero-order chi connectivity index (χ0) is 15.4. The number of ether oxygens (including phenoxy) is 2. The van der Waals surface area contributed by atoms with Gasteiger partial charge in [-0.2, -0.15) is 0 Å². The minimum atomic E-state index is 0.498. The molecule has 3 nitrogen and oxygen atoms in total. The largest absolute Gasteiger partial charge is 0.495 e. The first-order chi connectivity index (χ1) is 10.0. The van der Waals surface area contributed by atoms with Crippen molar-refractivity contribution in [1.82, 2.24) is 0 Å². The lowest BCUT2D eigenvalue weighted by molar-refractivity contribution is 0.395. The van der Waals surface area contributed by atoms with Gasteiger partial charge in [0.1, 0.15) is 11.5 Å². The summed E-state index contributed by atoms with van der Waals surface area (Å²) in [5.74, 6) is 1.19. The standard InChI is InChI=1S/C15H14Cl3NO2/c1-20-14-7-15(21-2)13(6-12(14)18)19-8-9-5-10(16)3-4-11(9)17/h3-7,19H,8H2,1-2H3. The van der Waals surface area contributed by atoms with E-state index in [9.17, 15) is 0 Å². The van der Waals surface area contributed by atoms with Crippen LogP contribution in [0.5, 0.6) is 11.5 Å². The van der Waals surface area contributed by atoms with Crippen LogP contribution in [0.15, 0.2) is 30.3 Å². The quantitative estimate of drug-likeness (QED) is 0.799. The molecule has 0 atom stereocenters. The third-order valence-electron chi connectivity index (χ3n) is 2.95. The van der Waals surface area contributed by atoms with Gasteiger partial charge in [0.2, 0.25) is 0 Å². The maximum Gasteiger partial charge on any atom is 0.145 e. The van der Waals surface area contributed by atoms with Gasteiger partial charge >= 0.3 is 0 Å². The molecule has 0 radical (unpaired) electrons. The number of anilines is 1. The number of hydrogen-bond acceptors (Lipinski definition) is 3. The van der Waals surface area contributed by atoms with Gasteiger partial charge < -0.3 is 14.8 Å². The van der Waals surface area contributed by atoms with Gasteiger partial charge in [0, 0.05) is 22.7 Å². The predicted molar refractivity (Wildman–Crippen MR) is 88.3 cm³/mol. The van der Waals surface area contributed by atoms with Crippen molar-refractivity contribution in [2.75, 3.05) is 19.5 Å². The van der Waals surface area contributed by atoms with Crippen LogP contribution in [0.3, 0.4) is 0 Å². The first-order valence-corrected chi connectivity index (χ1v) is 7.28. The van der Waals surface area contributed by atoms with E-state index in [2.05, 4.69) is 5.32 Å². The van der Waals surface area contributed by atoms with Crippen molar-refractivity contribution >= 4 is 40.5 Å². The van der Waals surface area contributed by atoms with Crippen molar-refractivity contribution in [1.29, 1.82) is 0 Å². The second-order valence-electron chi connectivity index (χ2n) is 4.28. The summed E-state index contributed by atoms with van der Waals surface area (Å²) in [6, 6.07) is 8.80. The summed E-state index contributed by atoms with van der Waals surface area (Å²) < 4.78 is 10.5. The average molecular weight is 347 g/mol. The van der Waals surface area contributed by atoms with E-state index < -0.39 is 0 Å². The van der Waals surface area contributed by atoms with E-state index >= 15 is 0 Å². The number of methoxy groups -OCH3 is 2. The Kier molecular flexibility index (Phi) is 5.45. The third kappa shape index (κ3) is 3.88. The molecule has 0 saturated carbocycles. The SMILES string of the molecule is COc1cc(OC)c(NCc2cc(Cl)ccc2Cl)cc1Cl. The topological polar surface area (TPSA) is 30.5 Å². The van der Waals surface area contributed by atoms with Crippen LogP contribution in [0, 0.1) is 0 Å². The summed E-state index contributed by atoms with van der Waals surface area (Å²) in [6.07, 6.45) is 0. The first-order valence-electron chi connectivity index (χ1n) is 6.14. The van der Waals surface area contributed by atoms with Crippen LogP contribution in [0.1, 0.15) is 5.56 Å². The van der Waals surface area contributed by atoms with E-state index in [-0.39, 0.29) is 0 Å². The number of nitrogens with one attached hydrogen (secondary N) is 1. The van der Waals surface area contributed by atoms with Crippen LogP contribution < -0.4 is 14.8 Å². The molecule has 0 aliphatic heterocycles. The normalized spacial score (nSPS) is 10.3. The lowest BCUT2D eigenvalue weighted by Crippen LogP contribution is -2.02. The van der Waals surface area contributed by atoms with Crippen LogP contribution in [-0.4, -0.2) is 14.2 Å². The molecule has 0 bridgehead atoms. The molecule has 2 aromatic carbocycles. The summed E-state index contributed by atoms with van der Waals surface area (Å²) in [4.78, 5) is 0. The minimum Gasteiger partial charge on any atom is -0.495 e. The molecule has 0 fully saturated rings. The molecular formula is C15H14Cl3NO2. The smallest absolute Gasteiger partial charge is 0.145 e. The van der Waals surface area contributed by atoms with Crippen molar-refractivity contribution in [3.05, 3.63) is 51.0 Å². The Labute approximate surface area is 138 Å². The van der Waals surface area contributed by atoms with Crippen LogP contribution in [0.2, 0.25) is 15.1 Å². The molecule has 0 saturated heterocycles. The Hall–Kier alpha value is -1.29. The highest BCUT2D eigenvalue weighted by molar-refractivity contribution is 6.33. The maximum atomic E-state index is 6.14. The highest BCUT2D eigenvalue weighted by atomic mass is 35.5. The van der Waals surface area contributed by atoms with Gasteiger partial charge in [-0.25, -0.2) is 0 Å². The van der Waals surface area contributed by atoms with Crippen LogP contribution in [0.25, 0.3) is 0 Å². The lowest BCUT2D eigenvalue weighted by Gasteiger charge is -2.14. The molecule has 1 N–H and O–H groups in total. The van der Waals surface area contributed by atoms with Crippen molar-refractivity contribution in [2.45, 2.75) is 6.54 Å². The van der Waals surface area contributed by atoms with Crippen LogP contribution in [0.4, 0.5) is 5.69 Å². The monoisotopic (exact) mass is 345 g/mol. The zero-order valence-electron chi connectivity index (χ0n) is 11.5. The average Bonchev–Trinajstić information content (AvgIpc) is 2.48. The van der Waals surface area contributed by atoms with Crippen molar-refractivity contribution in [2.24, 2.45) is 0 Å². The second kappa shape index (κ2) is 7.12. The van der Waals surface area contributed by atoms with Gasteiger partial charge in [-0.05, 0) is 29.8 Å². The third-order valence-corrected chi connectivity index (χ3v) is 3.85. The van der Waals surface area contributed by atoms with Gasteiger partial charge in [-0.15, -0.1) is 0 Å². The molecule has 0 aromatic heterocycles. The zero-order valence-corrected chi connectivity index (χ0v) is 13.8. The van der Waals surface area contributed by atoms with Crippen molar-refractivity contribution in [3.8, 4) is 11.5 Å². The molecule has 0 aliphatic rings. The molecule has 0 unspecified atom stereocenters. The molecule has 0 spiro atoms. The summed E-state index contributed by atoms with van der Waals surface area (Å²) in [7, 11) is 3.14. The molecular weight excluding hydrogens is 333 g/mol. The maximum absolute atomic E-state index is 6.14. The van der Waals surface area contributed by atoms with Gasteiger partial charge in [-0.1, -0.05) is 34.8 Å². The molecule has 0 aliphatic carbocycles. The van der Waals surface area contributed by atoms with Gasteiger partial charge in [0.25, 0.3) is 0 Å². The van der Waals surface area contributed by atoms with Crippen molar-refractivity contribution < 1.29 is 9.47 Å². The lowest BCUT2D eigenvalue weighted by atomic mass is 10.2. The van der Waals surface area contributed by atoms with E-state index in [1.54, 1.807) is 38.5 Å². The number of benzene rings is 2. The Balaban J connectivity index is 2.23. The van der Waals surface area contributed by atoms with E-state index in [1.807, 2.05) is 6.07 Å². The number of halogens is 3. The van der Waals surface area contributed by atoms with E-state index in [0.717, 1.165) is 11.3 Å². The second-order valence-corrected chi connectivity index (χ2v) is 5.53. The first kappa shape index (κ1) is 16.1. The van der Waals surface area contributed by atoms with Crippen LogP contribution in [-0.2, 0) is 6.54 Å². The Morgan fingerprint density at radius 2 is 1.62 bits per heavy atom. The van der Waals surface area contributed by atoms with E-state index in [0.29, 0.717) is 33.1 Å². The Bertz CT molecular complexity index is 647. The highest BCUT2D eigenvalue weighted by Gasteiger charge is 2.10. The number of hydrogen-bond donors (Lipinski definition) is 1. The highest BCUT2D eigenvalue weighted by Crippen LogP contribution is 2.36. The van der Waals surface area contributed by atoms with Gasteiger partial charge in [-0.3, -0.25) is 0 Å². The minimum absolute atomic E-state index is 0.498. The fourth-order valence-electron chi connectivity index (χ4n) is 1.87. The molecule has 21 heavy (non-hydrogen) atoms. The Morgan fingerprint density at radius 1 is 0.905 bits per heavy atom. The molecule has 6 heteroatoms. The summed E-state index contributed by atoms with van der Waals surface area (Å²) >= 11 is 18.2. The Morgan fingerprint density at radius 3 is 2.29 bits per heavy atom. The van der Waals surface area contributed by atoms with Gasteiger partial charge in [0.15, 0.2) is 0 Å². The molecule has 2 rings (SSSR count). The fourth-order valence-corrected chi connectivity index (χ4v) is 2.49. The fraction of sp³-hybridized carbons (Fsp3) is 0.200. The van der Waals surface area contributed by atoms with Gasteiger partial charge in [0.05, 0.1) is 24.9 Å². The summed E-state index contributed by atoms with van der Waals surface area (Å²) in [5.41, 5.74) is 1.64. The number of rotatable bonds is 5. The molecule has 112 valence electrons.